The van der Waals surface area contributed by atoms with Crippen molar-refractivity contribution < 1.29 is 14.5 Å². The highest BCUT2D eigenvalue weighted by atomic mass is 79.9. The Labute approximate surface area is 117 Å². The van der Waals surface area contributed by atoms with Crippen molar-refractivity contribution in [3.63, 3.8) is 0 Å². The number of nitrogens with one attached hydrogen (secondary N) is 1. The number of ether oxygens (including phenoxy) is 1. The minimum absolute atomic E-state index is 0.000949. The first-order chi connectivity index (χ1) is 9.01. The van der Waals surface area contributed by atoms with Gasteiger partial charge in [-0.3, -0.25) is 10.1 Å². The molecule has 1 saturated heterocycles. The van der Waals surface area contributed by atoms with Gasteiger partial charge in [-0.05, 0) is 12.1 Å². The first-order valence-corrected chi connectivity index (χ1v) is 6.34. The second kappa shape index (κ2) is 5.43. The number of methoxy groups -OCH3 is 1. The summed E-state index contributed by atoms with van der Waals surface area (Å²) in [5, 5.41) is 14.0. The van der Waals surface area contributed by atoms with Crippen LogP contribution in [0.1, 0.15) is 0 Å². The van der Waals surface area contributed by atoms with Crippen molar-refractivity contribution in [3.05, 3.63) is 32.8 Å². The number of benzene rings is 1. The largest absolute Gasteiger partial charge is 0.453 e. The predicted molar refractivity (Wildman–Crippen MR) is 72.2 cm³/mol. The molecule has 0 spiro atoms. The van der Waals surface area contributed by atoms with Gasteiger partial charge in [0, 0.05) is 23.6 Å². The number of nitro benzene ring substituents is 1. The normalized spacial score (nSPS) is 14.7. The van der Waals surface area contributed by atoms with Gasteiger partial charge in [-0.2, -0.15) is 0 Å². The Morgan fingerprint density at radius 2 is 2.26 bits per heavy atom. The van der Waals surface area contributed by atoms with E-state index in [4.69, 9.17) is 0 Å². The van der Waals surface area contributed by atoms with Gasteiger partial charge < -0.3 is 15.0 Å². The third kappa shape index (κ3) is 2.95. The Morgan fingerprint density at radius 3 is 2.84 bits per heavy atom. The summed E-state index contributed by atoms with van der Waals surface area (Å²) in [4.78, 5) is 23.2. The second-order valence-electron chi connectivity index (χ2n) is 4.13. The van der Waals surface area contributed by atoms with Gasteiger partial charge in [-0.15, -0.1) is 0 Å². The molecule has 1 amide bonds. The van der Waals surface area contributed by atoms with Crippen LogP contribution in [0.25, 0.3) is 0 Å². The molecule has 1 N–H and O–H groups in total. The average molecular weight is 330 g/mol. The topological polar surface area (TPSA) is 84.7 Å². The van der Waals surface area contributed by atoms with E-state index >= 15 is 0 Å². The van der Waals surface area contributed by atoms with Crippen LogP contribution < -0.4 is 5.32 Å². The molecule has 1 heterocycles. The lowest BCUT2D eigenvalue weighted by Gasteiger charge is -2.38. The van der Waals surface area contributed by atoms with Crippen molar-refractivity contribution in [2.45, 2.75) is 6.04 Å². The van der Waals surface area contributed by atoms with Crippen molar-refractivity contribution in [1.29, 1.82) is 0 Å². The molecule has 1 fully saturated rings. The van der Waals surface area contributed by atoms with E-state index in [0.717, 1.165) is 0 Å². The fraction of sp³-hybridized carbons (Fsp3) is 0.364. The van der Waals surface area contributed by atoms with Gasteiger partial charge in [0.25, 0.3) is 5.69 Å². The van der Waals surface area contributed by atoms with Crippen LogP contribution in [0.15, 0.2) is 22.7 Å². The van der Waals surface area contributed by atoms with Crippen LogP contribution in [0, 0.1) is 10.1 Å². The molecule has 0 unspecified atom stereocenters. The van der Waals surface area contributed by atoms with Crippen molar-refractivity contribution in [2.24, 2.45) is 0 Å². The van der Waals surface area contributed by atoms with Crippen LogP contribution in [0.3, 0.4) is 0 Å². The van der Waals surface area contributed by atoms with Crippen LogP contribution in [0.2, 0.25) is 0 Å². The highest BCUT2D eigenvalue weighted by molar-refractivity contribution is 9.10. The molecule has 1 aromatic carbocycles. The summed E-state index contributed by atoms with van der Waals surface area (Å²) in [6, 6.07) is 4.81. The number of halogens is 1. The van der Waals surface area contributed by atoms with Gasteiger partial charge >= 0.3 is 6.09 Å². The maximum Gasteiger partial charge on any atom is 0.409 e. The van der Waals surface area contributed by atoms with Gasteiger partial charge in [-0.1, -0.05) is 15.9 Å². The number of hydrogen-bond donors (Lipinski definition) is 1. The molecule has 8 heteroatoms. The van der Waals surface area contributed by atoms with E-state index in [2.05, 4.69) is 26.0 Å². The third-order valence-electron chi connectivity index (χ3n) is 2.83. The number of nitrogens with zero attached hydrogens (tertiary/aromatic N) is 2. The monoisotopic (exact) mass is 329 g/mol. The molecule has 1 aliphatic rings. The maximum absolute atomic E-state index is 11.2. The summed E-state index contributed by atoms with van der Waals surface area (Å²) >= 11 is 3.20. The quantitative estimate of drug-likeness (QED) is 0.678. The third-order valence-corrected chi connectivity index (χ3v) is 3.32. The number of anilines is 1. The summed E-state index contributed by atoms with van der Waals surface area (Å²) in [5.74, 6) is 0. The van der Waals surface area contributed by atoms with E-state index in [1.54, 1.807) is 12.1 Å². The smallest absolute Gasteiger partial charge is 0.409 e. The van der Waals surface area contributed by atoms with Gasteiger partial charge in [-0.25, -0.2) is 4.79 Å². The molecule has 0 aromatic heterocycles. The number of nitro groups is 1. The molecule has 2 rings (SSSR count). The lowest BCUT2D eigenvalue weighted by molar-refractivity contribution is -0.384. The van der Waals surface area contributed by atoms with E-state index in [1.807, 2.05) is 0 Å². The Morgan fingerprint density at radius 1 is 1.58 bits per heavy atom. The van der Waals surface area contributed by atoms with Crippen molar-refractivity contribution in [1.82, 2.24) is 4.90 Å². The lowest BCUT2D eigenvalue weighted by atomic mass is 10.1. The van der Waals surface area contributed by atoms with Crippen LogP contribution >= 0.6 is 15.9 Å². The lowest BCUT2D eigenvalue weighted by Crippen LogP contribution is -2.57. The Balaban J connectivity index is 2.02. The highest BCUT2D eigenvalue weighted by Gasteiger charge is 2.32. The van der Waals surface area contributed by atoms with Gasteiger partial charge in [0.1, 0.15) is 5.69 Å². The van der Waals surface area contributed by atoms with Crippen LogP contribution in [-0.4, -0.2) is 42.2 Å². The second-order valence-corrected chi connectivity index (χ2v) is 5.05. The summed E-state index contributed by atoms with van der Waals surface area (Å²) in [5.41, 5.74) is 0.452. The first-order valence-electron chi connectivity index (χ1n) is 5.54. The summed E-state index contributed by atoms with van der Waals surface area (Å²) in [7, 11) is 1.32. The van der Waals surface area contributed by atoms with E-state index in [1.165, 1.54) is 18.1 Å². The fourth-order valence-electron chi connectivity index (χ4n) is 1.85. The number of carbonyl (C=O) groups excluding carboxylic acids is 1. The molecule has 102 valence electrons. The van der Waals surface area contributed by atoms with Crippen molar-refractivity contribution >= 4 is 33.4 Å². The van der Waals surface area contributed by atoms with Crippen LogP contribution in [0.5, 0.6) is 0 Å². The zero-order valence-electron chi connectivity index (χ0n) is 10.1. The first kappa shape index (κ1) is 13.6. The zero-order valence-corrected chi connectivity index (χ0v) is 11.7. The number of carbonyl (C=O) groups is 1. The van der Waals surface area contributed by atoms with Crippen molar-refractivity contribution in [3.8, 4) is 0 Å². The molecule has 0 atom stereocenters. The Bertz CT molecular complexity index is 517. The standard InChI is InChI=1S/C11H12BrN3O4/c1-19-11(16)14-5-8(6-14)13-9-3-2-7(12)4-10(9)15(17)18/h2-4,8,13H,5-6H2,1H3. The molecule has 1 aromatic rings. The molecule has 0 radical (unpaired) electrons. The van der Waals surface area contributed by atoms with E-state index in [-0.39, 0.29) is 17.8 Å². The molecule has 0 bridgehead atoms. The van der Waals surface area contributed by atoms with E-state index in [9.17, 15) is 14.9 Å². The van der Waals surface area contributed by atoms with E-state index in [0.29, 0.717) is 23.2 Å². The molecular weight excluding hydrogens is 318 g/mol. The minimum atomic E-state index is -0.441. The van der Waals surface area contributed by atoms with Gasteiger partial charge in [0.15, 0.2) is 0 Å². The predicted octanol–water partition coefficient (Wildman–Crippen LogP) is 2.22. The van der Waals surface area contributed by atoms with Gasteiger partial charge in [0.2, 0.25) is 0 Å². The highest BCUT2D eigenvalue weighted by Crippen LogP contribution is 2.29. The number of hydrogen-bond acceptors (Lipinski definition) is 5. The minimum Gasteiger partial charge on any atom is -0.453 e. The summed E-state index contributed by atoms with van der Waals surface area (Å²) in [6.07, 6.45) is -0.386. The summed E-state index contributed by atoms with van der Waals surface area (Å²) in [6.45, 7) is 0.944. The average Bonchev–Trinajstić information content (AvgIpc) is 2.33. The molecule has 0 saturated carbocycles. The molecule has 0 aliphatic carbocycles. The molecule has 1 aliphatic heterocycles. The maximum atomic E-state index is 11.2. The van der Waals surface area contributed by atoms with Crippen molar-refractivity contribution in [2.75, 3.05) is 25.5 Å². The molecule has 19 heavy (non-hydrogen) atoms. The number of amides is 1. The SMILES string of the molecule is COC(=O)N1CC(Nc2ccc(Br)cc2[N+](=O)[O-])C1. The van der Waals surface area contributed by atoms with E-state index < -0.39 is 4.92 Å². The summed E-state index contributed by atoms with van der Waals surface area (Å²) < 4.78 is 5.22. The van der Waals surface area contributed by atoms with Gasteiger partial charge in [0.05, 0.1) is 18.1 Å². The Hall–Kier alpha value is -1.83. The van der Waals surface area contributed by atoms with Crippen LogP contribution in [-0.2, 0) is 4.74 Å². The zero-order chi connectivity index (χ0) is 14.0. The molecular formula is C11H12BrN3O4. The van der Waals surface area contributed by atoms with Crippen LogP contribution in [0.4, 0.5) is 16.2 Å². The Kier molecular flexibility index (Phi) is 3.89. The number of likely N-dealkylation sites (tertiary alicyclic amines) is 1. The molecule has 7 nitrogen and oxygen atoms in total. The fourth-order valence-corrected chi connectivity index (χ4v) is 2.19. The number of rotatable bonds is 3.